The van der Waals surface area contributed by atoms with E-state index in [2.05, 4.69) is 22.1 Å². The molecule has 0 bridgehead atoms. The third kappa shape index (κ3) is 3.45. The first-order valence-corrected chi connectivity index (χ1v) is 9.53. The monoisotopic (exact) mass is 355 g/mol. The summed E-state index contributed by atoms with van der Waals surface area (Å²) in [4.78, 5) is 19.4. The second-order valence-electron chi connectivity index (χ2n) is 6.33. The first kappa shape index (κ1) is 16.3. The summed E-state index contributed by atoms with van der Waals surface area (Å²) < 4.78 is 6.88. The lowest BCUT2D eigenvalue weighted by Gasteiger charge is -2.31. The number of nitrogens with one attached hydrogen (secondary N) is 1. The van der Waals surface area contributed by atoms with Crippen molar-refractivity contribution >= 4 is 27.5 Å². The number of thiazole rings is 1. The Bertz CT molecular complexity index is 845. The normalized spacial score (nSPS) is 16.4. The Balaban J connectivity index is 1.44. The first-order valence-electron chi connectivity index (χ1n) is 8.72. The number of hydrogen-bond donors (Lipinski definition) is 1. The van der Waals surface area contributed by atoms with Gasteiger partial charge in [-0.1, -0.05) is 19.1 Å². The highest BCUT2D eigenvalue weighted by molar-refractivity contribution is 7.21. The number of furan rings is 1. The summed E-state index contributed by atoms with van der Waals surface area (Å²) in [7, 11) is 0. The highest BCUT2D eigenvalue weighted by atomic mass is 32.1. The van der Waals surface area contributed by atoms with Crippen LogP contribution in [0.4, 0.5) is 0 Å². The topological polar surface area (TPSA) is 58.4 Å². The van der Waals surface area contributed by atoms with E-state index in [1.165, 1.54) is 0 Å². The van der Waals surface area contributed by atoms with Crippen molar-refractivity contribution in [3.63, 3.8) is 0 Å². The van der Waals surface area contributed by atoms with Crippen molar-refractivity contribution in [1.82, 2.24) is 15.2 Å². The van der Waals surface area contributed by atoms with Gasteiger partial charge in [-0.2, -0.15) is 0 Å². The number of piperidine rings is 1. The van der Waals surface area contributed by atoms with Gasteiger partial charge in [0.1, 0.15) is 0 Å². The van der Waals surface area contributed by atoms with Crippen LogP contribution in [-0.4, -0.2) is 41.5 Å². The summed E-state index contributed by atoms with van der Waals surface area (Å²) >= 11 is 1.57. The molecule has 130 valence electrons. The van der Waals surface area contributed by atoms with Crippen LogP contribution in [0, 0.1) is 0 Å². The molecule has 0 unspecified atom stereocenters. The molecule has 4 rings (SSSR count). The van der Waals surface area contributed by atoms with Crippen LogP contribution < -0.4 is 5.32 Å². The van der Waals surface area contributed by atoms with Crippen LogP contribution in [0.3, 0.4) is 0 Å². The lowest BCUT2D eigenvalue weighted by Crippen LogP contribution is -2.44. The van der Waals surface area contributed by atoms with Crippen molar-refractivity contribution in [3.8, 4) is 10.8 Å². The number of benzene rings is 1. The lowest BCUT2D eigenvalue weighted by molar-refractivity contribution is 0.0885. The predicted octanol–water partition coefficient (Wildman–Crippen LogP) is 3.77. The number of carbonyl (C=O) groups is 1. The third-order valence-corrected chi connectivity index (χ3v) is 5.76. The van der Waals surface area contributed by atoms with Gasteiger partial charge in [-0.15, -0.1) is 11.3 Å². The fraction of sp³-hybridized carbons (Fsp3) is 0.368. The predicted molar refractivity (Wildman–Crippen MR) is 99.9 cm³/mol. The number of likely N-dealkylation sites (tertiary alicyclic amines) is 1. The molecule has 3 aromatic rings. The fourth-order valence-corrected chi connectivity index (χ4v) is 4.13. The molecule has 3 heterocycles. The average molecular weight is 355 g/mol. The van der Waals surface area contributed by atoms with Gasteiger partial charge in [0.2, 0.25) is 0 Å². The Hall–Kier alpha value is -2.18. The maximum absolute atomic E-state index is 12.4. The molecule has 1 N–H and O–H groups in total. The highest BCUT2D eigenvalue weighted by Gasteiger charge is 2.22. The molecule has 1 aliphatic rings. The summed E-state index contributed by atoms with van der Waals surface area (Å²) in [6, 6.07) is 11.8. The summed E-state index contributed by atoms with van der Waals surface area (Å²) in [5.41, 5.74) is 0.951. The molecular formula is C19H21N3O2S. The third-order valence-electron chi connectivity index (χ3n) is 4.70. The molecule has 0 atom stereocenters. The summed E-state index contributed by atoms with van der Waals surface area (Å²) in [6.07, 6.45) is 1.98. The van der Waals surface area contributed by atoms with E-state index >= 15 is 0 Å². The zero-order valence-electron chi connectivity index (χ0n) is 14.2. The number of carbonyl (C=O) groups excluding carboxylic acids is 1. The van der Waals surface area contributed by atoms with E-state index in [0.717, 1.165) is 47.7 Å². The zero-order chi connectivity index (χ0) is 17.2. The molecular weight excluding hydrogens is 334 g/mol. The maximum atomic E-state index is 12.4. The van der Waals surface area contributed by atoms with E-state index < -0.39 is 0 Å². The van der Waals surface area contributed by atoms with E-state index in [0.29, 0.717) is 11.5 Å². The molecule has 5 nitrogen and oxygen atoms in total. The van der Waals surface area contributed by atoms with Gasteiger partial charge in [-0.25, -0.2) is 4.98 Å². The Morgan fingerprint density at radius 3 is 2.84 bits per heavy atom. The van der Waals surface area contributed by atoms with Crippen molar-refractivity contribution in [2.75, 3.05) is 19.6 Å². The molecule has 6 heteroatoms. The van der Waals surface area contributed by atoms with Gasteiger partial charge < -0.3 is 14.6 Å². The van der Waals surface area contributed by atoms with Crippen LogP contribution >= 0.6 is 11.3 Å². The molecule has 1 saturated heterocycles. The quantitative estimate of drug-likeness (QED) is 0.774. The minimum atomic E-state index is -0.137. The van der Waals surface area contributed by atoms with E-state index in [9.17, 15) is 4.79 Å². The molecule has 0 spiro atoms. The number of rotatable bonds is 4. The van der Waals surface area contributed by atoms with Crippen LogP contribution in [0.2, 0.25) is 0 Å². The number of nitrogens with zero attached hydrogens (tertiary/aromatic N) is 2. The largest absolute Gasteiger partial charge is 0.448 e. The van der Waals surface area contributed by atoms with Gasteiger partial charge in [0, 0.05) is 19.1 Å². The van der Waals surface area contributed by atoms with Crippen LogP contribution in [0.15, 0.2) is 40.8 Å². The molecule has 0 radical (unpaired) electrons. The average Bonchev–Trinajstić information content (AvgIpc) is 3.29. The molecule has 25 heavy (non-hydrogen) atoms. The maximum Gasteiger partial charge on any atom is 0.287 e. The van der Waals surface area contributed by atoms with E-state index in [4.69, 9.17) is 4.42 Å². The number of aromatic nitrogens is 1. The second kappa shape index (κ2) is 6.98. The zero-order valence-corrected chi connectivity index (χ0v) is 15.0. The van der Waals surface area contributed by atoms with Gasteiger partial charge >= 0.3 is 0 Å². The lowest BCUT2D eigenvalue weighted by atomic mass is 10.1. The van der Waals surface area contributed by atoms with E-state index in [1.54, 1.807) is 17.4 Å². The van der Waals surface area contributed by atoms with Crippen LogP contribution in [0.25, 0.3) is 21.0 Å². The highest BCUT2D eigenvalue weighted by Crippen LogP contribution is 2.31. The minimum Gasteiger partial charge on any atom is -0.448 e. The van der Waals surface area contributed by atoms with Crippen LogP contribution in [-0.2, 0) is 0 Å². The van der Waals surface area contributed by atoms with Crippen molar-refractivity contribution < 1.29 is 9.21 Å². The van der Waals surface area contributed by atoms with E-state index in [1.807, 2.05) is 30.3 Å². The fourth-order valence-electron chi connectivity index (χ4n) is 3.20. The summed E-state index contributed by atoms with van der Waals surface area (Å²) in [5.74, 6) is 0.863. The van der Waals surface area contributed by atoms with E-state index in [-0.39, 0.29) is 11.9 Å². The van der Waals surface area contributed by atoms with Crippen molar-refractivity contribution in [2.24, 2.45) is 0 Å². The SMILES string of the molecule is CCN1CCC(NC(=O)c2ccc(-c3nc4ccccc4s3)o2)CC1. The summed E-state index contributed by atoms with van der Waals surface area (Å²) in [6.45, 7) is 5.32. The molecule has 0 saturated carbocycles. The van der Waals surface area contributed by atoms with Gasteiger partial charge in [-0.3, -0.25) is 4.79 Å². The van der Waals surface area contributed by atoms with Crippen LogP contribution in [0.1, 0.15) is 30.3 Å². The number of hydrogen-bond acceptors (Lipinski definition) is 5. The number of amides is 1. The molecule has 1 aromatic carbocycles. The molecule has 0 aliphatic carbocycles. The second-order valence-corrected chi connectivity index (χ2v) is 7.36. The Morgan fingerprint density at radius 1 is 1.28 bits per heavy atom. The standard InChI is InChI=1S/C19H21N3O2S/c1-2-22-11-9-13(10-12-22)20-18(23)15-7-8-16(24-15)19-21-14-5-3-4-6-17(14)25-19/h3-8,13H,2,9-12H2,1H3,(H,20,23). The Labute approximate surface area is 150 Å². The Kier molecular flexibility index (Phi) is 4.55. The molecule has 1 fully saturated rings. The molecule has 2 aromatic heterocycles. The van der Waals surface area contributed by atoms with Crippen molar-refractivity contribution in [3.05, 3.63) is 42.2 Å². The minimum absolute atomic E-state index is 0.137. The summed E-state index contributed by atoms with van der Waals surface area (Å²) in [5, 5.41) is 3.90. The smallest absolute Gasteiger partial charge is 0.287 e. The molecule has 1 aliphatic heterocycles. The van der Waals surface area contributed by atoms with Gasteiger partial charge in [0.15, 0.2) is 16.5 Å². The van der Waals surface area contributed by atoms with Gasteiger partial charge in [0.25, 0.3) is 5.91 Å². The first-order chi connectivity index (χ1) is 12.2. The Morgan fingerprint density at radius 2 is 2.08 bits per heavy atom. The van der Waals surface area contributed by atoms with Crippen LogP contribution in [0.5, 0.6) is 0 Å². The van der Waals surface area contributed by atoms with Gasteiger partial charge in [-0.05, 0) is 43.7 Å². The van der Waals surface area contributed by atoms with Crippen molar-refractivity contribution in [1.29, 1.82) is 0 Å². The number of fused-ring (bicyclic) bond motifs is 1. The number of para-hydroxylation sites is 1. The van der Waals surface area contributed by atoms with Gasteiger partial charge in [0.05, 0.1) is 10.2 Å². The van der Waals surface area contributed by atoms with Crippen molar-refractivity contribution in [2.45, 2.75) is 25.8 Å². The molecule has 1 amide bonds.